The van der Waals surface area contributed by atoms with E-state index in [2.05, 4.69) is 52.8 Å². The van der Waals surface area contributed by atoms with Gasteiger partial charge in [-0.3, -0.25) is 4.79 Å². The van der Waals surface area contributed by atoms with Crippen LogP contribution in [0.15, 0.2) is 82.4 Å². The van der Waals surface area contributed by atoms with E-state index >= 15 is 0 Å². The van der Waals surface area contributed by atoms with Crippen LogP contribution in [0.4, 0.5) is 5.69 Å². The first-order valence-electron chi connectivity index (χ1n) is 10.7. The van der Waals surface area contributed by atoms with Crippen LogP contribution in [-0.2, 0) is 6.54 Å². The van der Waals surface area contributed by atoms with E-state index in [-0.39, 0.29) is 29.9 Å². The van der Waals surface area contributed by atoms with Gasteiger partial charge in [0.1, 0.15) is 0 Å². The highest BCUT2D eigenvalue weighted by atomic mass is 127. The SMILES string of the molecule is CCNC(=NCc1ccc(NC(=O)c2ccco2)cc1)N1CCC(c2ccccc2)C1.I. The summed E-state index contributed by atoms with van der Waals surface area (Å²) in [5, 5.41) is 6.26. The highest BCUT2D eigenvalue weighted by Crippen LogP contribution is 2.27. The smallest absolute Gasteiger partial charge is 0.291 e. The molecule has 168 valence electrons. The van der Waals surface area contributed by atoms with Gasteiger partial charge in [-0.2, -0.15) is 0 Å². The molecule has 1 atom stereocenters. The van der Waals surface area contributed by atoms with Crippen molar-refractivity contribution < 1.29 is 9.21 Å². The summed E-state index contributed by atoms with van der Waals surface area (Å²) in [6, 6.07) is 21.8. The van der Waals surface area contributed by atoms with Gasteiger partial charge in [-0.1, -0.05) is 42.5 Å². The summed E-state index contributed by atoms with van der Waals surface area (Å²) in [7, 11) is 0. The Kier molecular flexibility index (Phi) is 8.72. The molecule has 0 spiro atoms. The quantitative estimate of drug-likeness (QED) is 0.257. The van der Waals surface area contributed by atoms with Crippen molar-refractivity contribution in [2.45, 2.75) is 25.8 Å². The average Bonchev–Trinajstić information content (AvgIpc) is 3.51. The fraction of sp³-hybridized carbons (Fsp3) is 0.280. The Morgan fingerprint density at radius 2 is 1.88 bits per heavy atom. The van der Waals surface area contributed by atoms with E-state index in [4.69, 9.17) is 9.41 Å². The maximum Gasteiger partial charge on any atom is 0.291 e. The normalized spacial score (nSPS) is 15.8. The Balaban J connectivity index is 0.00000289. The number of nitrogens with one attached hydrogen (secondary N) is 2. The van der Waals surface area contributed by atoms with Gasteiger partial charge in [0.15, 0.2) is 11.7 Å². The molecule has 32 heavy (non-hydrogen) atoms. The number of carbonyl (C=O) groups is 1. The minimum Gasteiger partial charge on any atom is -0.459 e. The van der Waals surface area contributed by atoms with E-state index in [1.165, 1.54) is 11.8 Å². The summed E-state index contributed by atoms with van der Waals surface area (Å²) in [5.74, 6) is 1.54. The zero-order chi connectivity index (χ0) is 21.5. The molecule has 4 rings (SSSR count). The molecule has 2 heterocycles. The number of amides is 1. The first kappa shape index (κ1) is 23.8. The van der Waals surface area contributed by atoms with Crippen molar-refractivity contribution in [3.63, 3.8) is 0 Å². The van der Waals surface area contributed by atoms with Gasteiger partial charge in [0, 0.05) is 31.2 Å². The largest absolute Gasteiger partial charge is 0.459 e. The Labute approximate surface area is 206 Å². The van der Waals surface area contributed by atoms with Gasteiger partial charge in [-0.05, 0) is 48.7 Å². The minimum absolute atomic E-state index is 0. The Morgan fingerprint density at radius 1 is 1.09 bits per heavy atom. The van der Waals surface area contributed by atoms with Gasteiger partial charge < -0.3 is 20.0 Å². The number of anilines is 1. The van der Waals surface area contributed by atoms with Crippen molar-refractivity contribution >= 4 is 41.5 Å². The predicted molar refractivity (Wildman–Crippen MR) is 139 cm³/mol. The number of rotatable bonds is 6. The lowest BCUT2D eigenvalue weighted by Gasteiger charge is -2.22. The Morgan fingerprint density at radius 3 is 2.56 bits per heavy atom. The zero-order valence-corrected chi connectivity index (χ0v) is 20.5. The number of benzene rings is 2. The first-order chi connectivity index (χ1) is 15.2. The topological polar surface area (TPSA) is 69.9 Å². The summed E-state index contributed by atoms with van der Waals surface area (Å²) >= 11 is 0. The molecule has 0 radical (unpaired) electrons. The fourth-order valence-corrected chi connectivity index (χ4v) is 3.84. The van der Waals surface area contributed by atoms with E-state index in [0.717, 1.165) is 43.3 Å². The lowest BCUT2D eigenvalue weighted by molar-refractivity contribution is 0.0996. The number of likely N-dealkylation sites (tertiary alicyclic amines) is 1. The molecule has 1 aliphatic heterocycles. The molecule has 1 unspecified atom stereocenters. The van der Waals surface area contributed by atoms with Crippen LogP contribution in [0, 0.1) is 0 Å². The van der Waals surface area contributed by atoms with Crippen LogP contribution in [0.5, 0.6) is 0 Å². The van der Waals surface area contributed by atoms with Crippen molar-refractivity contribution in [3.05, 3.63) is 89.9 Å². The maximum absolute atomic E-state index is 12.1. The number of nitrogens with zero attached hydrogens (tertiary/aromatic N) is 2. The number of hydrogen-bond acceptors (Lipinski definition) is 3. The summed E-state index contributed by atoms with van der Waals surface area (Å²) < 4.78 is 5.12. The molecule has 2 N–H and O–H groups in total. The lowest BCUT2D eigenvalue weighted by Crippen LogP contribution is -2.40. The monoisotopic (exact) mass is 544 g/mol. The number of halogens is 1. The zero-order valence-electron chi connectivity index (χ0n) is 18.2. The molecule has 7 heteroatoms. The van der Waals surface area contributed by atoms with E-state index < -0.39 is 0 Å². The second-order valence-corrected chi connectivity index (χ2v) is 7.64. The third kappa shape index (κ3) is 6.12. The molecule has 6 nitrogen and oxygen atoms in total. The Hall–Kier alpha value is -2.81. The van der Waals surface area contributed by atoms with Crippen LogP contribution < -0.4 is 10.6 Å². The predicted octanol–water partition coefficient (Wildman–Crippen LogP) is 5.10. The van der Waals surface area contributed by atoms with Crippen molar-refractivity contribution in [2.75, 3.05) is 25.0 Å². The molecule has 0 saturated carbocycles. The summed E-state index contributed by atoms with van der Waals surface area (Å²) in [5.41, 5.74) is 3.21. The third-order valence-corrected chi connectivity index (χ3v) is 5.46. The van der Waals surface area contributed by atoms with Gasteiger partial charge in [0.2, 0.25) is 0 Å². The minimum atomic E-state index is -0.257. The summed E-state index contributed by atoms with van der Waals surface area (Å²) in [6.07, 6.45) is 2.62. The van der Waals surface area contributed by atoms with Gasteiger partial charge in [0.05, 0.1) is 12.8 Å². The van der Waals surface area contributed by atoms with Crippen LogP contribution in [0.1, 0.15) is 40.9 Å². The highest BCUT2D eigenvalue weighted by Gasteiger charge is 2.25. The maximum atomic E-state index is 12.1. The first-order valence-corrected chi connectivity index (χ1v) is 10.7. The molecule has 1 fully saturated rings. The molecule has 3 aromatic rings. The molecule has 1 aromatic heterocycles. The number of carbonyl (C=O) groups excluding carboxylic acids is 1. The van der Waals surface area contributed by atoms with Crippen molar-refractivity contribution in [1.29, 1.82) is 0 Å². The molecular formula is C25H29IN4O2. The Bertz CT molecular complexity index is 1000. The van der Waals surface area contributed by atoms with Crippen LogP contribution in [0.2, 0.25) is 0 Å². The van der Waals surface area contributed by atoms with E-state index in [9.17, 15) is 4.79 Å². The summed E-state index contributed by atoms with van der Waals surface area (Å²) in [6.45, 7) is 5.50. The molecule has 1 saturated heterocycles. The van der Waals surface area contributed by atoms with Gasteiger partial charge in [-0.15, -0.1) is 24.0 Å². The molecule has 0 aliphatic carbocycles. The number of hydrogen-bond donors (Lipinski definition) is 2. The average molecular weight is 544 g/mol. The number of aliphatic imine (C=N–C) groups is 1. The van der Waals surface area contributed by atoms with Gasteiger partial charge in [-0.25, -0.2) is 4.99 Å². The van der Waals surface area contributed by atoms with Crippen LogP contribution in [0.3, 0.4) is 0 Å². The van der Waals surface area contributed by atoms with Crippen LogP contribution >= 0.6 is 24.0 Å². The standard InChI is InChI=1S/C25H28N4O2.HI/c1-2-26-25(29-15-14-21(18-29)20-7-4-3-5-8-20)27-17-19-10-12-22(13-11-19)28-24(30)23-9-6-16-31-23;/h3-13,16,21H,2,14-15,17-18H2,1H3,(H,26,27)(H,28,30);1H. The van der Waals surface area contributed by atoms with Gasteiger partial charge >= 0.3 is 0 Å². The van der Waals surface area contributed by atoms with Crippen LogP contribution in [0.25, 0.3) is 0 Å². The number of furan rings is 1. The summed E-state index contributed by atoms with van der Waals surface area (Å²) in [4.78, 5) is 19.3. The van der Waals surface area contributed by atoms with Crippen molar-refractivity contribution in [2.24, 2.45) is 4.99 Å². The molecule has 1 amide bonds. The molecule has 2 aromatic carbocycles. The van der Waals surface area contributed by atoms with Crippen LogP contribution in [-0.4, -0.2) is 36.4 Å². The lowest BCUT2D eigenvalue weighted by atomic mass is 9.99. The van der Waals surface area contributed by atoms with Crippen molar-refractivity contribution in [1.82, 2.24) is 10.2 Å². The van der Waals surface area contributed by atoms with E-state index in [1.54, 1.807) is 12.1 Å². The van der Waals surface area contributed by atoms with E-state index in [1.807, 2.05) is 24.3 Å². The van der Waals surface area contributed by atoms with Crippen molar-refractivity contribution in [3.8, 4) is 0 Å². The fourth-order valence-electron chi connectivity index (χ4n) is 3.84. The second kappa shape index (κ2) is 11.7. The van der Waals surface area contributed by atoms with E-state index in [0.29, 0.717) is 18.2 Å². The molecular weight excluding hydrogens is 515 g/mol. The highest BCUT2D eigenvalue weighted by molar-refractivity contribution is 14.0. The van der Waals surface area contributed by atoms with Gasteiger partial charge in [0.25, 0.3) is 5.91 Å². The number of guanidine groups is 1. The molecule has 1 aliphatic rings. The second-order valence-electron chi connectivity index (χ2n) is 7.64. The third-order valence-electron chi connectivity index (χ3n) is 5.46. The molecule has 0 bridgehead atoms.